The molecule has 0 saturated carbocycles. The molecule has 7 nitrogen and oxygen atoms in total. The Morgan fingerprint density at radius 2 is 1.70 bits per heavy atom. The van der Waals surface area contributed by atoms with Gasteiger partial charge in [0, 0.05) is 0 Å². The van der Waals surface area contributed by atoms with E-state index in [1.54, 1.807) is 46.1 Å². The van der Waals surface area contributed by atoms with Crippen molar-refractivity contribution >= 4 is 23.5 Å². The van der Waals surface area contributed by atoms with Crippen LogP contribution in [0.15, 0.2) is 48.5 Å². The number of esters is 2. The summed E-state index contributed by atoms with van der Waals surface area (Å²) in [5, 5.41) is 2.82. The third-order valence-corrected chi connectivity index (χ3v) is 5.13. The van der Waals surface area contributed by atoms with Crippen molar-refractivity contribution in [1.29, 1.82) is 0 Å². The highest BCUT2D eigenvalue weighted by atomic mass is 16.5. The lowest BCUT2D eigenvalue weighted by molar-refractivity contribution is -0.896. The van der Waals surface area contributed by atoms with E-state index in [-0.39, 0.29) is 29.1 Å². The number of methoxy groups -OCH3 is 1. The number of nitrogens with one attached hydrogen (secondary N) is 1. The van der Waals surface area contributed by atoms with E-state index in [1.807, 2.05) is 30.3 Å². The molecule has 2 aromatic carbocycles. The smallest absolute Gasteiger partial charge is 0.362 e. The zero-order chi connectivity index (χ0) is 22.3. The third kappa shape index (κ3) is 5.90. The first-order valence-corrected chi connectivity index (χ1v) is 9.66. The van der Waals surface area contributed by atoms with Crippen LogP contribution in [0.25, 0.3) is 0 Å². The number of nitrogens with zero attached hydrogens (tertiary/aromatic N) is 1. The molecule has 1 amide bonds. The number of para-hydroxylation sites is 1. The van der Waals surface area contributed by atoms with Crippen LogP contribution in [0.5, 0.6) is 0 Å². The van der Waals surface area contributed by atoms with E-state index >= 15 is 0 Å². The van der Waals surface area contributed by atoms with Gasteiger partial charge in [0.05, 0.1) is 32.5 Å². The van der Waals surface area contributed by atoms with Crippen molar-refractivity contribution < 1.29 is 28.3 Å². The molecule has 30 heavy (non-hydrogen) atoms. The van der Waals surface area contributed by atoms with E-state index < -0.39 is 18.0 Å². The summed E-state index contributed by atoms with van der Waals surface area (Å²) in [6, 6.07) is 14.0. The van der Waals surface area contributed by atoms with E-state index in [4.69, 9.17) is 9.47 Å². The molecule has 160 valence electrons. The van der Waals surface area contributed by atoms with Gasteiger partial charge in [-0.05, 0) is 31.0 Å². The third-order valence-electron chi connectivity index (χ3n) is 5.13. The van der Waals surface area contributed by atoms with Gasteiger partial charge in [-0.2, -0.15) is 0 Å². The van der Waals surface area contributed by atoms with Crippen LogP contribution in [-0.2, 0) is 25.7 Å². The predicted octanol–water partition coefficient (Wildman–Crippen LogP) is 2.93. The lowest BCUT2D eigenvalue weighted by atomic mass is 10.1. The fourth-order valence-electron chi connectivity index (χ4n) is 2.91. The summed E-state index contributed by atoms with van der Waals surface area (Å²) in [6.07, 6.45) is 0. The molecule has 0 radical (unpaired) electrons. The Morgan fingerprint density at radius 3 is 2.33 bits per heavy atom. The maximum Gasteiger partial charge on any atom is 0.362 e. The van der Waals surface area contributed by atoms with Crippen LogP contribution in [0.3, 0.4) is 0 Å². The Balaban J connectivity index is 2.04. The molecule has 0 aliphatic rings. The molecule has 1 atom stereocenters. The molecular weight excluding hydrogens is 384 g/mol. The number of likely N-dealkylation sites (N-methyl/N-ethyl adjacent to an activating group) is 1. The summed E-state index contributed by atoms with van der Waals surface area (Å²) < 4.78 is 10.2. The molecule has 1 N–H and O–H groups in total. The molecule has 0 aliphatic heterocycles. The number of anilines is 1. The molecule has 2 aromatic rings. The number of carbonyl (C=O) groups excluding carboxylic acids is 3. The molecule has 0 spiro atoms. The first-order chi connectivity index (χ1) is 14.2. The number of rotatable bonds is 8. The van der Waals surface area contributed by atoms with Gasteiger partial charge in [0.15, 0.2) is 12.6 Å². The molecule has 0 saturated heterocycles. The average Bonchev–Trinajstić information content (AvgIpc) is 2.72. The number of hydrogen-bond acceptors (Lipinski definition) is 5. The second-order valence-corrected chi connectivity index (χ2v) is 7.74. The quantitative estimate of drug-likeness (QED) is 0.532. The molecule has 2 rings (SSSR count). The zero-order valence-electron chi connectivity index (χ0n) is 18.1. The summed E-state index contributed by atoms with van der Waals surface area (Å²) in [6.45, 7) is 3.74. The fourth-order valence-corrected chi connectivity index (χ4v) is 2.91. The van der Waals surface area contributed by atoms with Crippen molar-refractivity contribution in [3.8, 4) is 0 Å². The topological polar surface area (TPSA) is 81.7 Å². The van der Waals surface area contributed by atoms with Gasteiger partial charge in [-0.1, -0.05) is 42.5 Å². The number of aryl methyl sites for hydroxylation is 1. The van der Waals surface area contributed by atoms with Gasteiger partial charge >= 0.3 is 11.9 Å². The van der Waals surface area contributed by atoms with Crippen LogP contribution in [-0.4, -0.2) is 56.1 Å². The molecule has 0 aliphatic carbocycles. The second-order valence-electron chi connectivity index (χ2n) is 7.74. The monoisotopic (exact) mass is 413 g/mol. The van der Waals surface area contributed by atoms with Crippen molar-refractivity contribution in [3.63, 3.8) is 0 Å². The number of ether oxygens (including phenoxy) is 2. The second kappa shape index (κ2) is 10.0. The van der Waals surface area contributed by atoms with Crippen LogP contribution in [0.1, 0.15) is 28.4 Å². The van der Waals surface area contributed by atoms with E-state index in [1.165, 1.54) is 7.11 Å². The van der Waals surface area contributed by atoms with Crippen LogP contribution in [0.2, 0.25) is 0 Å². The van der Waals surface area contributed by atoms with Gasteiger partial charge in [-0.3, -0.25) is 4.79 Å². The Hall–Kier alpha value is -3.19. The van der Waals surface area contributed by atoms with Gasteiger partial charge in [-0.15, -0.1) is 0 Å². The first-order valence-electron chi connectivity index (χ1n) is 9.66. The van der Waals surface area contributed by atoms with Crippen LogP contribution in [0, 0.1) is 6.92 Å². The molecule has 7 heteroatoms. The number of carbonyl (C=O) groups is 3. The van der Waals surface area contributed by atoms with Crippen molar-refractivity contribution in [2.75, 3.05) is 33.1 Å². The molecule has 0 heterocycles. The lowest BCUT2D eigenvalue weighted by Crippen LogP contribution is -2.55. The summed E-state index contributed by atoms with van der Waals surface area (Å²) in [7, 11) is 4.86. The van der Waals surface area contributed by atoms with Crippen molar-refractivity contribution in [2.24, 2.45) is 0 Å². The Kier molecular flexibility index (Phi) is 7.72. The molecule has 0 fully saturated rings. The Labute approximate surface area is 177 Å². The average molecular weight is 413 g/mol. The van der Waals surface area contributed by atoms with Crippen molar-refractivity contribution in [1.82, 2.24) is 0 Å². The molecule has 0 bridgehead atoms. The Morgan fingerprint density at radius 1 is 1.03 bits per heavy atom. The van der Waals surface area contributed by atoms with Gasteiger partial charge in [0.25, 0.3) is 5.91 Å². The summed E-state index contributed by atoms with van der Waals surface area (Å²) in [4.78, 5) is 37.3. The zero-order valence-corrected chi connectivity index (χ0v) is 18.1. The highest BCUT2D eigenvalue weighted by Crippen LogP contribution is 2.22. The van der Waals surface area contributed by atoms with E-state index in [2.05, 4.69) is 5.32 Å². The minimum atomic E-state index is -0.570. The van der Waals surface area contributed by atoms with E-state index in [0.717, 1.165) is 11.1 Å². The van der Waals surface area contributed by atoms with E-state index in [9.17, 15) is 14.4 Å². The van der Waals surface area contributed by atoms with Crippen LogP contribution in [0.4, 0.5) is 5.69 Å². The van der Waals surface area contributed by atoms with E-state index in [0.29, 0.717) is 5.69 Å². The highest BCUT2D eigenvalue weighted by molar-refractivity contribution is 6.03. The lowest BCUT2D eigenvalue weighted by Gasteiger charge is -2.34. The largest absolute Gasteiger partial charge is 0.465 e. The predicted molar refractivity (Wildman–Crippen MR) is 114 cm³/mol. The first kappa shape index (κ1) is 23.1. The highest BCUT2D eigenvalue weighted by Gasteiger charge is 2.34. The SMILES string of the molecule is COC(=O)c1cccc(C)c1NC(=O)C(C)[N+](C)(C)CC(=O)OCc1ccccc1. The fraction of sp³-hybridized carbons (Fsp3) is 0.348. The molecular formula is C23H29N2O5+. The molecule has 1 unspecified atom stereocenters. The van der Waals surface area contributed by atoms with Gasteiger partial charge in [-0.25, -0.2) is 9.59 Å². The maximum atomic E-state index is 12.9. The van der Waals surface area contributed by atoms with Gasteiger partial charge in [0.1, 0.15) is 6.61 Å². The number of quaternary nitrogens is 1. The van der Waals surface area contributed by atoms with Gasteiger partial charge < -0.3 is 19.3 Å². The number of amides is 1. The summed E-state index contributed by atoms with van der Waals surface area (Å²) >= 11 is 0. The Bertz CT molecular complexity index is 909. The minimum Gasteiger partial charge on any atom is -0.465 e. The number of benzene rings is 2. The summed E-state index contributed by atoms with van der Waals surface area (Å²) in [5.41, 5.74) is 2.33. The van der Waals surface area contributed by atoms with Gasteiger partial charge in [0.2, 0.25) is 0 Å². The summed E-state index contributed by atoms with van der Waals surface area (Å²) in [5.74, 6) is -1.23. The van der Waals surface area contributed by atoms with Crippen molar-refractivity contribution in [3.05, 3.63) is 65.2 Å². The normalized spacial score (nSPS) is 12.0. The van der Waals surface area contributed by atoms with Crippen LogP contribution < -0.4 is 5.32 Å². The van der Waals surface area contributed by atoms with Crippen molar-refractivity contribution in [2.45, 2.75) is 26.5 Å². The molecule has 0 aromatic heterocycles. The maximum absolute atomic E-state index is 12.9. The van der Waals surface area contributed by atoms with Crippen LogP contribution >= 0.6 is 0 Å². The standard InChI is InChI=1S/C23H28N2O5/c1-16-10-9-13-19(23(28)29-5)21(16)24-22(27)17(2)25(3,4)14-20(26)30-15-18-11-7-6-8-12-18/h6-13,17H,14-15H2,1-5H3/p+1. The number of hydrogen-bond donors (Lipinski definition) is 1. The minimum absolute atomic E-state index is 0.0268.